The Morgan fingerprint density at radius 3 is 2.40 bits per heavy atom. The number of rotatable bonds is 8. The van der Waals surface area contributed by atoms with Crippen LogP contribution in [0.1, 0.15) is 61.5 Å². The molecular weight excluding hydrogens is 681 g/mol. The largest absolute Gasteiger partial charge is 0.490 e. The Morgan fingerprint density at radius 2 is 1.67 bits per heavy atom. The van der Waals surface area contributed by atoms with Gasteiger partial charge in [0.15, 0.2) is 11.5 Å². The number of amides is 3. The van der Waals surface area contributed by atoms with Crippen LogP contribution in [-0.4, -0.2) is 85.2 Å². The summed E-state index contributed by atoms with van der Waals surface area (Å²) in [6, 6.07) is 13.4. The number of ether oxygens (including phenoxy) is 4. The van der Waals surface area contributed by atoms with Crippen LogP contribution in [0.5, 0.6) is 17.2 Å². The Morgan fingerprint density at radius 1 is 0.981 bits per heavy atom. The molecule has 0 saturated carbocycles. The Kier molecular flexibility index (Phi) is 12.9. The van der Waals surface area contributed by atoms with E-state index in [1.54, 1.807) is 24.0 Å². The minimum atomic E-state index is -4.50. The molecule has 0 aromatic heterocycles. The van der Waals surface area contributed by atoms with Crippen LogP contribution in [0.3, 0.4) is 0 Å². The van der Waals surface area contributed by atoms with Crippen LogP contribution in [0, 0.1) is 5.92 Å². The molecule has 3 amide bonds. The van der Waals surface area contributed by atoms with Gasteiger partial charge in [-0.25, -0.2) is 4.79 Å². The van der Waals surface area contributed by atoms with E-state index in [2.05, 4.69) is 15.5 Å². The van der Waals surface area contributed by atoms with Gasteiger partial charge in [0, 0.05) is 43.5 Å². The molecule has 4 atom stereocenters. The van der Waals surface area contributed by atoms with Crippen LogP contribution in [-0.2, 0) is 17.5 Å². The van der Waals surface area contributed by atoms with Crippen LogP contribution >= 0.6 is 0 Å². The van der Waals surface area contributed by atoms with Gasteiger partial charge in [0.2, 0.25) is 6.79 Å². The van der Waals surface area contributed by atoms with Crippen molar-refractivity contribution >= 4 is 23.3 Å². The summed E-state index contributed by atoms with van der Waals surface area (Å²) in [5, 5.41) is 15.4. The number of hydrogen-bond donors (Lipinski definition) is 3. The number of aliphatic hydroxyl groups is 1. The zero-order valence-corrected chi connectivity index (χ0v) is 29.9. The summed E-state index contributed by atoms with van der Waals surface area (Å²) < 4.78 is 62.7. The number of carbonyl (C=O) groups is 2. The second-order valence-electron chi connectivity index (χ2n) is 13.5. The fraction of sp³-hybridized carbons (Fsp3) is 0.474. The minimum Gasteiger partial charge on any atom is -0.490 e. The highest BCUT2D eigenvalue weighted by Crippen LogP contribution is 2.34. The summed E-state index contributed by atoms with van der Waals surface area (Å²) in [7, 11) is 2.02. The normalized spacial score (nSPS) is 20.4. The number of nitrogens with zero attached hydrogens (tertiary/aromatic N) is 2. The molecule has 0 unspecified atom stereocenters. The molecule has 3 aromatic carbocycles. The number of carbonyl (C=O) groups excluding carboxylic acids is 2. The topological polar surface area (TPSA) is 122 Å². The first-order valence-electron chi connectivity index (χ1n) is 17.5. The van der Waals surface area contributed by atoms with Gasteiger partial charge in [-0.3, -0.25) is 9.69 Å². The van der Waals surface area contributed by atoms with E-state index in [1.165, 1.54) is 6.07 Å². The summed E-state index contributed by atoms with van der Waals surface area (Å²) >= 11 is 0. The second kappa shape index (κ2) is 17.3. The van der Waals surface area contributed by atoms with E-state index < -0.39 is 29.7 Å². The Balaban J connectivity index is 1.34. The smallest absolute Gasteiger partial charge is 0.416 e. The molecule has 2 heterocycles. The van der Waals surface area contributed by atoms with Gasteiger partial charge in [-0.05, 0) is 100 Å². The van der Waals surface area contributed by atoms with Crippen LogP contribution in [0.15, 0.2) is 60.7 Å². The average Bonchev–Trinajstić information content (AvgIpc) is 3.57. The fourth-order valence-corrected chi connectivity index (χ4v) is 6.22. The van der Waals surface area contributed by atoms with E-state index in [0.29, 0.717) is 31.9 Å². The SMILES string of the molecule is C[C@@H]1CCCCO[C@@H](CN(C)Cc2ccc3c(c2)OCO3)[C@H](C)CN([C@H](C)CO)C(=O)c2cc(NC(=O)Nc3ccc(C(F)(F)F)cc3)ccc2O1. The predicted molar refractivity (Wildman–Crippen MR) is 190 cm³/mol. The lowest BCUT2D eigenvalue weighted by Gasteiger charge is -2.36. The summed E-state index contributed by atoms with van der Waals surface area (Å²) in [4.78, 5) is 31.0. The number of likely N-dealkylation sites (N-methyl/N-ethyl adjacent to an activating group) is 1. The molecule has 52 heavy (non-hydrogen) atoms. The van der Waals surface area contributed by atoms with Crippen LogP contribution in [0.4, 0.5) is 29.3 Å². The lowest BCUT2D eigenvalue weighted by Crippen LogP contribution is -2.47. The van der Waals surface area contributed by atoms with Gasteiger partial charge in [0.05, 0.1) is 36.0 Å². The lowest BCUT2D eigenvalue weighted by molar-refractivity contribution is -0.137. The Hall–Kier alpha value is -4.53. The first kappa shape index (κ1) is 38.7. The summed E-state index contributed by atoms with van der Waals surface area (Å²) in [5.74, 6) is 1.24. The highest BCUT2D eigenvalue weighted by Gasteiger charge is 2.32. The van der Waals surface area contributed by atoms with Crippen LogP contribution in [0.25, 0.3) is 0 Å². The van der Waals surface area contributed by atoms with Gasteiger partial charge in [-0.1, -0.05) is 13.0 Å². The summed E-state index contributed by atoms with van der Waals surface area (Å²) in [6.07, 6.45) is -2.59. The molecule has 0 bridgehead atoms. The first-order valence-corrected chi connectivity index (χ1v) is 17.5. The third kappa shape index (κ3) is 10.3. The van der Waals surface area contributed by atoms with Gasteiger partial charge in [0.1, 0.15) is 5.75 Å². The van der Waals surface area contributed by atoms with E-state index in [-0.39, 0.29) is 55.0 Å². The van der Waals surface area contributed by atoms with Gasteiger partial charge in [0.25, 0.3) is 5.91 Å². The van der Waals surface area contributed by atoms with Crippen LogP contribution < -0.4 is 24.8 Å². The molecule has 282 valence electrons. The molecule has 0 saturated heterocycles. The van der Waals surface area contributed by atoms with Crippen molar-refractivity contribution in [3.63, 3.8) is 0 Å². The highest BCUT2D eigenvalue weighted by molar-refractivity contribution is 6.02. The molecular formula is C38H47F3N4O7. The van der Waals surface area contributed by atoms with Crippen molar-refractivity contribution in [3.05, 3.63) is 77.4 Å². The number of fused-ring (bicyclic) bond motifs is 2. The van der Waals surface area contributed by atoms with Gasteiger partial charge in [-0.2, -0.15) is 13.2 Å². The number of alkyl halides is 3. The molecule has 5 rings (SSSR count). The van der Waals surface area contributed by atoms with Crippen molar-refractivity contribution in [2.45, 2.75) is 71.0 Å². The molecule has 0 aliphatic carbocycles. The van der Waals surface area contributed by atoms with Crippen molar-refractivity contribution in [1.82, 2.24) is 9.80 Å². The van der Waals surface area contributed by atoms with E-state index in [0.717, 1.165) is 54.2 Å². The summed E-state index contributed by atoms with van der Waals surface area (Å²) in [5.41, 5.74) is 0.854. The standard InChI is InChI=1S/C38H47F3N4O7/c1-24-19-45(25(2)22-46)36(47)31-18-30(43-37(48)42-29-11-9-28(10-12-29)38(39,40)41)13-15-32(31)52-26(3)7-5-6-16-49-35(24)21-44(4)20-27-8-14-33-34(17-27)51-23-50-33/h8-15,17-18,24-26,35,46H,5-7,16,19-23H2,1-4H3,(H2,42,43,48)/t24-,25-,26-,35+/m1/s1. The predicted octanol–water partition coefficient (Wildman–Crippen LogP) is 7.01. The maximum Gasteiger partial charge on any atom is 0.416 e. The molecule has 0 fully saturated rings. The third-order valence-electron chi connectivity index (χ3n) is 9.16. The highest BCUT2D eigenvalue weighted by atomic mass is 19.4. The summed E-state index contributed by atoms with van der Waals surface area (Å²) in [6.45, 7) is 7.68. The number of urea groups is 1. The van der Waals surface area contributed by atoms with E-state index in [9.17, 15) is 27.9 Å². The monoisotopic (exact) mass is 728 g/mol. The number of anilines is 2. The molecule has 14 heteroatoms. The van der Waals surface area contributed by atoms with Gasteiger partial charge < -0.3 is 39.6 Å². The Labute approximate surface area is 302 Å². The molecule has 2 aliphatic rings. The van der Waals surface area contributed by atoms with E-state index in [4.69, 9.17) is 18.9 Å². The second-order valence-corrected chi connectivity index (χ2v) is 13.5. The number of aliphatic hydroxyl groups excluding tert-OH is 1. The van der Waals surface area contributed by atoms with Crippen molar-refractivity contribution < 1.29 is 46.8 Å². The third-order valence-corrected chi connectivity index (χ3v) is 9.16. The number of benzene rings is 3. The van der Waals surface area contributed by atoms with E-state index >= 15 is 0 Å². The lowest BCUT2D eigenvalue weighted by atomic mass is 10.0. The average molecular weight is 729 g/mol. The van der Waals surface area contributed by atoms with Crippen molar-refractivity contribution in [2.24, 2.45) is 5.92 Å². The van der Waals surface area contributed by atoms with Gasteiger partial charge >= 0.3 is 12.2 Å². The first-order chi connectivity index (χ1) is 24.8. The number of hydrogen-bond acceptors (Lipinski definition) is 8. The quantitative estimate of drug-likeness (QED) is 0.227. The number of nitrogens with one attached hydrogen (secondary N) is 2. The molecule has 3 N–H and O–H groups in total. The van der Waals surface area contributed by atoms with Crippen LogP contribution in [0.2, 0.25) is 0 Å². The van der Waals surface area contributed by atoms with Crippen molar-refractivity contribution in [2.75, 3.05) is 50.8 Å². The maximum atomic E-state index is 14.4. The Bertz CT molecular complexity index is 1670. The minimum absolute atomic E-state index is 0.140. The van der Waals surface area contributed by atoms with Crippen molar-refractivity contribution in [1.29, 1.82) is 0 Å². The van der Waals surface area contributed by atoms with E-state index in [1.807, 2.05) is 39.1 Å². The molecule has 11 nitrogen and oxygen atoms in total. The molecule has 0 radical (unpaired) electrons. The van der Waals surface area contributed by atoms with Crippen molar-refractivity contribution in [3.8, 4) is 17.2 Å². The fourth-order valence-electron chi connectivity index (χ4n) is 6.22. The molecule has 0 spiro atoms. The maximum absolute atomic E-state index is 14.4. The molecule has 3 aromatic rings. The van der Waals surface area contributed by atoms with Gasteiger partial charge in [-0.15, -0.1) is 0 Å². The molecule has 2 aliphatic heterocycles. The zero-order chi connectivity index (χ0) is 37.4. The zero-order valence-electron chi connectivity index (χ0n) is 29.9. The number of halogens is 3.